The number of aromatic nitrogens is 1. The Balaban J connectivity index is 1.31. The fourth-order valence-corrected chi connectivity index (χ4v) is 7.80. The number of nitrogens with zero attached hydrogens (tertiary/aromatic N) is 3. The second-order valence-corrected chi connectivity index (χ2v) is 13.6. The third-order valence-corrected chi connectivity index (χ3v) is 10.3. The molecule has 0 saturated carbocycles. The van der Waals surface area contributed by atoms with Crippen LogP contribution in [0.4, 0.5) is 9.93 Å². The number of benzene rings is 3. The zero-order valence-electron chi connectivity index (χ0n) is 28.7. The van der Waals surface area contributed by atoms with Gasteiger partial charge in [-0.3, -0.25) is 14.5 Å². The number of ether oxygens (including phenoxy) is 3. The number of rotatable bonds is 13. The molecule has 3 N–H and O–H groups in total. The quantitative estimate of drug-likeness (QED) is 0.0451. The first-order valence-electron chi connectivity index (χ1n) is 16.5. The number of hydrogen-bond acceptors (Lipinski definition) is 13. The number of hydrogen-bond donors (Lipinski definition) is 2. The molecule has 3 aromatic carbocycles. The van der Waals surface area contributed by atoms with Crippen molar-refractivity contribution in [2.45, 2.75) is 37.2 Å². The summed E-state index contributed by atoms with van der Waals surface area (Å²) < 4.78 is 15.0. The van der Waals surface area contributed by atoms with Gasteiger partial charge in [-0.25, -0.2) is 14.6 Å². The third-order valence-electron chi connectivity index (χ3n) is 8.32. The van der Waals surface area contributed by atoms with Gasteiger partial charge in [0.25, 0.3) is 11.8 Å². The summed E-state index contributed by atoms with van der Waals surface area (Å²) in [6, 6.07) is 27.4. The number of anilines is 1. The van der Waals surface area contributed by atoms with Crippen LogP contribution in [0.1, 0.15) is 36.2 Å². The molecule has 272 valence electrons. The fraction of sp³-hybridized carbons (Fsp3) is 0.211. The lowest BCUT2D eigenvalue weighted by Crippen LogP contribution is -2.71. The number of nitrogens with one attached hydrogen (secondary N) is 1. The maximum absolute atomic E-state index is 14.2. The Morgan fingerprint density at radius 3 is 2.11 bits per heavy atom. The van der Waals surface area contributed by atoms with E-state index in [2.05, 4.69) is 22.0 Å². The lowest BCUT2D eigenvalue weighted by Gasteiger charge is -2.49. The molecule has 2 aliphatic heterocycles. The van der Waals surface area contributed by atoms with Crippen molar-refractivity contribution in [1.82, 2.24) is 15.2 Å². The number of carbonyl (C=O) groups is 4. The van der Waals surface area contributed by atoms with E-state index in [1.165, 1.54) is 29.7 Å². The minimum absolute atomic E-state index is 0.0681. The van der Waals surface area contributed by atoms with Crippen LogP contribution in [0, 0.1) is 0 Å². The molecule has 2 unspecified atom stereocenters. The van der Waals surface area contributed by atoms with E-state index in [4.69, 9.17) is 24.8 Å². The zero-order chi connectivity index (χ0) is 37.5. The lowest BCUT2D eigenvalue weighted by atomic mass is 9.80. The van der Waals surface area contributed by atoms with Gasteiger partial charge in [-0.05, 0) is 12.5 Å². The molecule has 13 nitrogen and oxygen atoms in total. The molecule has 1 fully saturated rings. The molecule has 6 rings (SSSR count). The van der Waals surface area contributed by atoms with E-state index < -0.39 is 47.2 Å². The molecule has 0 spiro atoms. The van der Waals surface area contributed by atoms with Gasteiger partial charge in [0.15, 0.2) is 10.8 Å². The van der Waals surface area contributed by atoms with Gasteiger partial charge in [0.1, 0.15) is 22.8 Å². The van der Waals surface area contributed by atoms with E-state index in [1.807, 2.05) is 91.0 Å². The Bertz CT molecular complexity index is 1960. The number of allylic oxidation sites excluding steroid dienone is 1. The van der Waals surface area contributed by atoms with Crippen molar-refractivity contribution in [3.63, 3.8) is 0 Å². The Morgan fingerprint density at radius 1 is 1.02 bits per heavy atom. The summed E-state index contributed by atoms with van der Waals surface area (Å²) in [4.78, 5) is 65.1. The topological polar surface area (TPSA) is 172 Å². The zero-order valence-corrected chi connectivity index (χ0v) is 30.3. The molecule has 0 aliphatic carbocycles. The molecular weight excluding hydrogens is 719 g/mol. The van der Waals surface area contributed by atoms with Crippen LogP contribution in [-0.2, 0) is 39.0 Å². The summed E-state index contributed by atoms with van der Waals surface area (Å²) in [5, 5.41) is 8.36. The predicted molar refractivity (Wildman–Crippen MR) is 199 cm³/mol. The number of amides is 2. The van der Waals surface area contributed by atoms with Crippen molar-refractivity contribution in [2.24, 2.45) is 5.16 Å². The predicted octanol–water partition coefficient (Wildman–Crippen LogP) is 5.34. The Morgan fingerprint density at radius 2 is 1.60 bits per heavy atom. The van der Waals surface area contributed by atoms with Crippen LogP contribution >= 0.6 is 23.1 Å². The maximum Gasteiger partial charge on any atom is 0.511 e. The summed E-state index contributed by atoms with van der Waals surface area (Å²) in [5.41, 5.74) is 7.20. The summed E-state index contributed by atoms with van der Waals surface area (Å²) in [6.45, 7) is 6.79. The molecule has 4 aromatic rings. The Labute approximate surface area is 313 Å². The molecule has 2 aliphatic rings. The van der Waals surface area contributed by atoms with Crippen molar-refractivity contribution in [2.75, 3.05) is 18.1 Å². The van der Waals surface area contributed by atoms with Gasteiger partial charge in [-0.15, -0.1) is 23.1 Å². The number of nitrogen functional groups attached to an aromatic ring is 1. The summed E-state index contributed by atoms with van der Waals surface area (Å²) in [6.07, 6.45) is -0.870. The summed E-state index contributed by atoms with van der Waals surface area (Å²) in [5.74, 6) is -1.96. The van der Waals surface area contributed by atoms with Gasteiger partial charge < -0.3 is 30.1 Å². The lowest BCUT2D eigenvalue weighted by molar-refractivity contribution is -0.168. The molecule has 0 radical (unpaired) electrons. The monoisotopic (exact) mass is 753 g/mol. The largest absolute Gasteiger partial charge is 0.511 e. The normalized spacial score (nSPS) is 17.5. The van der Waals surface area contributed by atoms with Crippen LogP contribution in [0.15, 0.2) is 125 Å². The van der Waals surface area contributed by atoms with Gasteiger partial charge in [0.2, 0.25) is 11.9 Å². The number of thiazole rings is 1. The van der Waals surface area contributed by atoms with Crippen LogP contribution in [0.25, 0.3) is 0 Å². The standard InChI is InChI=1S/C38H35N5O8S2/c1-4-24-21-52-34-30(33(45)43(34)31(24)35(46)49-23(3)50-37(47)48-5-2)41-32(44)29(28-22-53-36(39)40-28)42-51-38(25-15-9-6-10-16-25,26-17-11-7-12-18-26)27-19-13-8-14-20-27/h4,6-20,22-23,30,34H,1,5,21H2,2-3H3,(H2,39,40)(H,41,44)/b42-29-/t23?,30?,34-/m0/s1. The molecular formula is C38H35N5O8S2. The highest BCUT2D eigenvalue weighted by atomic mass is 32.2. The van der Waals surface area contributed by atoms with E-state index in [0.717, 1.165) is 28.0 Å². The van der Waals surface area contributed by atoms with Gasteiger partial charge in [-0.1, -0.05) is 109 Å². The molecule has 3 atom stereocenters. The van der Waals surface area contributed by atoms with Crippen molar-refractivity contribution in [3.05, 3.63) is 143 Å². The van der Waals surface area contributed by atoms with Crippen LogP contribution < -0.4 is 11.1 Å². The Hall–Kier alpha value is -5.93. The van der Waals surface area contributed by atoms with Crippen LogP contribution in [0.3, 0.4) is 0 Å². The third kappa shape index (κ3) is 7.52. The average molecular weight is 754 g/mol. The highest BCUT2D eigenvalue weighted by Gasteiger charge is 2.55. The number of fused-ring (bicyclic) bond motifs is 1. The fourth-order valence-electron chi connectivity index (χ4n) is 5.91. The van der Waals surface area contributed by atoms with Gasteiger partial charge in [0.05, 0.1) is 6.61 Å². The second-order valence-electron chi connectivity index (χ2n) is 11.6. The molecule has 15 heteroatoms. The minimum Gasteiger partial charge on any atom is -0.435 e. The number of esters is 1. The van der Waals surface area contributed by atoms with Crippen molar-refractivity contribution in [3.8, 4) is 0 Å². The number of thioether (sulfide) groups is 1. The van der Waals surface area contributed by atoms with Crippen molar-refractivity contribution < 1.29 is 38.2 Å². The first-order chi connectivity index (χ1) is 25.7. The van der Waals surface area contributed by atoms with Crippen molar-refractivity contribution in [1.29, 1.82) is 0 Å². The second kappa shape index (κ2) is 16.2. The minimum atomic E-state index is -1.31. The molecule has 3 heterocycles. The first-order valence-corrected chi connectivity index (χ1v) is 18.4. The highest BCUT2D eigenvalue weighted by molar-refractivity contribution is 8.00. The molecule has 1 aromatic heterocycles. The van der Waals surface area contributed by atoms with Crippen LogP contribution in [0.2, 0.25) is 0 Å². The maximum atomic E-state index is 14.2. The number of nitrogens with two attached hydrogens (primary N) is 1. The van der Waals surface area contributed by atoms with E-state index in [1.54, 1.807) is 12.3 Å². The van der Waals surface area contributed by atoms with E-state index in [-0.39, 0.29) is 34.6 Å². The van der Waals surface area contributed by atoms with Gasteiger partial charge in [-0.2, -0.15) is 0 Å². The van der Waals surface area contributed by atoms with Gasteiger partial charge in [0, 0.05) is 34.7 Å². The van der Waals surface area contributed by atoms with Gasteiger partial charge >= 0.3 is 12.1 Å². The number of carbonyl (C=O) groups excluding carboxylic acids is 4. The van der Waals surface area contributed by atoms with Crippen LogP contribution in [0.5, 0.6) is 0 Å². The molecule has 0 bridgehead atoms. The Kier molecular flexibility index (Phi) is 11.2. The number of β-lactam (4-membered cyclic amide) rings is 1. The van der Waals surface area contributed by atoms with Crippen molar-refractivity contribution >= 4 is 57.9 Å². The smallest absolute Gasteiger partial charge is 0.435 e. The van der Waals surface area contributed by atoms with E-state index in [9.17, 15) is 19.2 Å². The molecule has 1 saturated heterocycles. The first kappa shape index (κ1) is 36.8. The summed E-state index contributed by atoms with van der Waals surface area (Å²) >= 11 is 2.43. The SMILES string of the molecule is C=CC1=C(C(=O)OC(C)OC(=O)OCC)N2C(=O)C(NC(=O)/C(=N\OC(c3ccccc3)(c3ccccc3)c3ccccc3)c3csc(N)n3)[C@@H]2SC1. The molecule has 2 amide bonds. The molecule has 53 heavy (non-hydrogen) atoms. The summed E-state index contributed by atoms with van der Waals surface area (Å²) in [7, 11) is 0. The van der Waals surface area contributed by atoms with E-state index >= 15 is 0 Å². The highest BCUT2D eigenvalue weighted by Crippen LogP contribution is 2.42. The average Bonchev–Trinajstić information content (AvgIpc) is 3.61. The van der Waals surface area contributed by atoms with Crippen LogP contribution in [-0.4, -0.2) is 69.6 Å². The number of oxime groups is 1. The van der Waals surface area contributed by atoms with E-state index in [0.29, 0.717) is 5.57 Å².